The first-order chi connectivity index (χ1) is 8.85. The normalized spacial score (nSPS) is 26.5. The second-order valence-electron chi connectivity index (χ2n) is 5.32. The van der Waals surface area contributed by atoms with Gasteiger partial charge in [-0.1, -0.05) is 25.1 Å². The average molecular weight is 289 g/mol. The molecule has 108 valence electrons. The number of carbonyl (C=O) groups is 2. The van der Waals surface area contributed by atoms with Gasteiger partial charge in [-0.25, -0.2) is 4.79 Å². The Morgan fingerprint density at radius 2 is 1.95 bits per heavy atom. The SMILES string of the molecule is C=C(Cl)CNC(=O)NCC1(C(=O)O)CCC(C)CC1. The number of carboxylic acid groups (broad SMARTS) is 1. The quantitative estimate of drug-likeness (QED) is 0.726. The van der Waals surface area contributed by atoms with Gasteiger partial charge in [-0.2, -0.15) is 0 Å². The highest BCUT2D eigenvalue weighted by molar-refractivity contribution is 6.29. The number of rotatable bonds is 5. The fraction of sp³-hybridized carbons (Fsp3) is 0.692. The summed E-state index contributed by atoms with van der Waals surface area (Å²) in [5.41, 5.74) is -0.832. The summed E-state index contributed by atoms with van der Waals surface area (Å²) in [6.45, 7) is 5.90. The van der Waals surface area contributed by atoms with Crippen LogP contribution in [0, 0.1) is 11.3 Å². The molecule has 0 atom stereocenters. The van der Waals surface area contributed by atoms with Crippen molar-refractivity contribution in [2.75, 3.05) is 13.1 Å². The van der Waals surface area contributed by atoms with Crippen LogP contribution in [-0.2, 0) is 4.79 Å². The molecule has 0 heterocycles. The van der Waals surface area contributed by atoms with Crippen LogP contribution in [-0.4, -0.2) is 30.2 Å². The maximum absolute atomic E-state index is 11.5. The summed E-state index contributed by atoms with van der Waals surface area (Å²) in [6, 6.07) is -0.416. The zero-order chi connectivity index (χ0) is 14.5. The average Bonchev–Trinajstić information content (AvgIpc) is 2.35. The minimum atomic E-state index is -0.832. The van der Waals surface area contributed by atoms with Gasteiger partial charge in [-0.3, -0.25) is 4.79 Å². The molecule has 1 rings (SSSR count). The number of carbonyl (C=O) groups excluding carboxylic acids is 1. The molecule has 1 aliphatic rings. The van der Waals surface area contributed by atoms with Crippen molar-refractivity contribution in [3.8, 4) is 0 Å². The maximum Gasteiger partial charge on any atom is 0.315 e. The third-order valence-corrected chi connectivity index (χ3v) is 3.85. The Labute approximate surface area is 118 Å². The summed E-state index contributed by atoms with van der Waals surface area (Å²) in [4.78, 5) is 23.0. The number of urea groups is 1. The van der Waals surface area contributed by atoms with E-state index in [2.05, 4.69) is 24.1 Å². The Morgan fingerprint density at radius 1 is 1.37 bits per heavy atom. The van der Waals surface area contributed by atoms with Crippen molar-refractivity contribution in [3.63, 3.8) is 0 Å². The molecule has 6 heteroatoms. The van der Waals surface area contributed by atoms with E-state index in [4.69, 9.17) is 11.6 Å². The molecule has 1 saturated carbocycles. The highest BCUT2D eigenvalue weighted by Crippen LogP contribution is 2.38. The molecule has 0 aliphatic heterocycles. The lowest BCUT2D eigenvalue weighted by Gasteiger charge is -2.35. The van der Waals surface area contributed by atoms with Crippen LogP contribution in [0.1, 0.15) is 32.6 Å². The van der Waals surface area contributed by atoms with Crippen LogP contribution in [0.25, 0.3) is 0 Å². The highest BCUT2D eigenvalue weighted by atomic mass is 35.5. The highest BCUT2D eigenvalue weighted by Gasteiger charge is 2.41. The first-order valence-electron chi connectivity index (χ1n) is 6.44. The number of hydrogen-bond acceptors (Lipinski definition) is 2. The van der Waals surface area contributed by atoms with Gasteiger partial charge >= 0.3 is 12.0 Å². The van der Waals surface area contributed by atoms with Crippen molar-refractivity contribution < 1.29 is 14.7 Å². The van der Waals surface area contributed by atoms with E-state index in [1.807, 2.05) is 0 Å². The summed E-state index contributed by atoms with van der Waals surface area (Å²) >= 11 is 5.53. The van der Waals surface area contributed by atoms with Gasteiger partial charge in [-0.15, -0.1) is 0 Å². The summed E-state index contributed by atoms with van der Waals surface area (Å²) < 4.78 is 0. The molecule has 3 N–H and O–H groups in total. The van der Waals surface area contributed by atoms with E-state index in [1.165, 1.54) is 0 Å². The van der Waals surface area contributed by atoms with E-state index < -0.39 is 17.4 Å². The molecule has 5 nitrogen and oxygen atoms in total. The topological polar surface area (TPSA) is 78.4 Å². The minimum Gasteiger partial charge on any atom is -0.481 e. The predicted octanol–water partition coefficient (Wildman–Crippen LogP) is 2.32. The van der Waals surface area contributed by atoms with E-state index in [0.29, 0.717) is 23.8 Å². The smallest absolute Gasteiger partial charge is 0.315 e. The standard InChI is InChI=1S/C13H21ClN2O3/c1-9-3-5-13(6-4-9,11(17)18)8-16-12(19)15-7-10(2)14/h9H,2-8H2,1H3,(H,17,18)(H2,15,16,19). The Bertz CT molecular complexity index is 363. The van der Waals surface area contributed by atoms with Gasteiger partial charge in [-0.05, 0) is 31.6 Å². The number of nitrogens with one attached hydrogen (secondary N) is 2. The van der Waals surface area contributed by atoms with Crippen molar-refractivity contribution in [1.82, 2.24) is 10.6 Å². The number of aliphatic carboxylic acids is 1. The molecule has 0 aromatic heterocycles. The third kappa shape index (κ3) is 4.74. The third-order valence-electron chi connectivity index (χ3n) is 3.71. The van der Waals surface area contributed by atoms with Gasteiger partial charge in [0.15, 0.2) is 0 Å². The number of hydrogen-bond donors (Lipinski definition) is 3. The summed E-state index contributed by atoms with van der Waals surface area (Å²) in [7, 11) is 0. The Morgan fingerprint density at radius 3 is 2.42 bits per heavy atom. The molecule has 1 fully saturated rings. The second-order valence-corrected chi connectivity index (χ2v) is 5.86. The van der Waals surface area contributed by atoms with E-state index >= 15 is 0 Å². The van der Waals surface area contributed by atoms with Crippen molar-refractivity contribution in [2.45, 2.75) is 32.6 Å². The van der Waals surface area contributed by atoms with Crippen molar-refractivity contribution >= 4 is 23.6 Å². The maximum atomic E-state index is 11.5. The number of halogens is 1. The fourth-order valence-electron chi connectivity index (χ4n) is 2.27. The van der Waals surface area contributed by atoms with Crippen LogP contribution in [0.5, 0.6) is 0 Å². The lowest BCUT2D eigenvalue weighted by molar-refractivity contribution is -0.151. The van der Waals surface area contributed by atoms with Gasteiger partial charge in [0, 0.05) is 11.6 Å². The zero-order valence-electron chi connectivity index (χ0n) is 11.2. The Hall–Kier alpha value is -1.23. The van der Waals surface area contributed by atoms with Gasteiger partial charge < -0.3 is 15.7 Å². The first kappa shape index (κ1) is 15.8. The zero-order valence-corrected chi connectivity index (χ0v) is 11.9. The molecule has 0 bridgehead atoms. The lowest BCUT2D eigenvalue weighted by atomic mass is 9.71. The molecule has 0 saturated heterocycles. The molecular formula is C13H21ClN2O3. The van der Waals surface area contributed by atoms with Crippen molar-refractivity contribution in [3.05, 3.63) is 11.6 Å². The molecule has 2 amide bonds. The minimum absolute atomic E-state index is 0.148. The van der Waals surface area contributed by atoms with E-state index in [0.717, 1.165) is 12.8 Å². The van der Waals surface area contributed by atoms with Crippen LogP contribution >= 0.6 is 11.6 Å². The molecule has 0 radical (unpaired) electrons. The monoisotopic (exact) mass is 288 g/mol. The molecule has 0 spiro atoms. The van der Waals surface area contributed by atoms with Crippen LogP contribution in [0.4, 0.5) is 4.79 Å². The molecule has 19 heavy (non-hydrogen) atoms. The molecular weight excluding hydrogens is 268 g/mol. The summed E-state index contributed by atoms with van der Waals surface area (Å²) in [5.74, 6) is -0.276. The molecule has 0 aromatic rings. The fourth-order valence-corrected chi connectivity index (χ4v) is 2.34. The van der Waals surface area contributed by atoms with Crippen molar-refractivity contribution in [2.24, 2.45) is 11.3 Å². The van der Waals surface area contributed by atoms with E-state index in [-0.39, 0.29) is 13.1 Å². The summed E-state index contributed by atoms with van der Waals surface area (Å²) in [6.07, 6.45) is 2.97. The summed E-state index contributed by atoms with van der Waals surface area (Å²) in [5, 5.41) is 14.9. The van der Waals surface area contributed by atoms with Crippen molar-refractivity contribution in [1.29, 1.82) is 0 Å². The van der Waals surface area contributed by atoms with Crippen LogP contribution in [0.15, 0.2) is 11.6 Å². The van der Waals surface area contributed by atoms with Crippen LogP contribution in [0.2, 0.25) is 0 Å². The number of amides is 2. The molecule has 0 unspecified atom stereocenters. The Kier molecular flexibility index (Phi) is 5.66. The van der Waals surface area contributed by atoms with Gasteiger partial charge in [0.2, 0.25) is 0 Å². The van der Waals surface area contributed by atoms with Crippen LogP contribution in [0.3, 0.4) is 0 Å². The van der Waals surface area contributed by atoms with Crippen LogP contribution < -0.4 is 10.6 Å². The first-order valence-corrected chi connectivity index (χ1v) is 6.82. The molecule has 1 aliphatic carbocycles. The predicted molar refractivity (Wildman–Crippen MR) is 74.1 cm³/mol. The van der Waals surface area contributed by atoms with E-state index in [9.17, 15) is 14.7 Å². The number of carboxylic acids is 1. The van der Waals surface area contributed by atoms with Gasteiger partial charge in [0.25, 0.3) is 0 Å². The van der Waals surface area contributed by atoms with Gasteiger partial charge in [0.05, 0.1) is 12.0 Å². The van der Waals surface area contributed by atoms with E-state index in [1.54, 1.807) is 0 Å². The Balaban J connectivity index is 2.49. The lowest BCUT2D eigenvalue weighted by Crippen LogP contribution is -2.47. The molecule has 0 aromatic carbocycles. The van der Waals surface area contributed by atoms with Gasteiger partial charge in [0.1, 0.15) is 0 Å². The second kappa shape index (κ2) is 6.80. The largest absolute Gasteiger partial charge is 0.481 e.